The van der Waals surface area contributed by atoms with Gasteiger partial charge in [0.2, 0.25) is 0 Å². The van der Waals surface area contributed by atoms with Gasteiger partial charge in [0.15, 0.2) is 17.5 Å². The quantitative estimate of drug-likeness (QED) is 0.496. The summed E-state index contributed by atoms with van der Waals surface area (Å²) in [6.45, 7) is 11.4. The van der Waals surface area contributed by atoms with Crippen molar-refractivity contribution in [2.75, 3.05) is 18.8 Å². The number of likely N-dealkylation sites (tertiary alicyclic amines) is 1. The van der Waals surface area contributed by atoms with Crippen LogP contribution in [-0.2, 0) is 4.74 Å². The van der Waals surface area contributed by atoms with Gasteiger partial charge < -0.3 is 20.4 Å². The molecule has 3 aromatic heterocycles. The molecule has 0 aromatic carbocycles. The number of fused-ring (bicyclic) bond motifs is 1. The molecule has 1 aliphatic rings. The van der Waals surface area contributed by atoms with E-state index in [0.29, 0.717) is 22.1 Å². The lowest BCUT2D eigenvalue weighted by molar-refractivity contribution is 0.0295. The Morgan fingerprint density at radius 3 is 2.47 bits per heavy atom. The van der Waals surface area contributed by atoms with Crippen LogP contribution in [0.5, 0.6) is 0 Å². The van der Waals surface area contributed by atoms with Crippen molar-refractivity contribution in [1.29, 1.82) is 0 Å². The van der Waals surface area contributed by atoms with Crippen molar-refractivity contribution in [1.82, 2.24) is 24.8 Å². The first-order chi connectivity index (χ1) is 15.1. The Bertz CT molecular complexity index is 1040. The van der Waals surface area contributed by atoms with E-state index in [2.05, 4.69) is 19.9 Å². The highest BCUT2D eigenvalue weighted by atomic mass is 35.5. The van der Waals surface area contributed by atoms with Crippen LogP contribution in [0.3, 0.4) is 0 Å². The Morgan fingerprint density at radius 1 is 1.22 bits per heavy atom. The van der Waals surface area contributed by atoms with Crippen molar-refractivity contribution >= 4 is 34.5 Å². The number of hydrogen-bond acceptors (Lipinski definition) is 6. The number of carbonyl (C=O) groups is 1. The second kappa shape index (κ2) is 11.1. The first-order valence-corrected chi connectivity index (χ1v) is 10.9. The van der Waals surface area contributed by atoms with Crippen molar-refractivity contribution < 1.29 is 13.9 Å². The number of aromatic nitrogens is 4. The smallest absolute Gasteiger partial charge is 0.410 e. The molecule has 1 saturated heterocycles. The second-order valence-electron chi connectivity index (χ2n) is 7.85. The van der Waals surface area contributed by atoms with Crippen molar-refractivity contribution in [3.63, 3.8) is 0 Å². The third-order valence-electron chi connectivity index (χ3n) is 4.27. The summed E-state index contributed by atoms with van der Waals surface area (Å²) in [5, 5.41) is 1.26. The summed E-state index contributed by atoms with van der Waals surface area (Å²) < 4.78 is 18.2. The fraction of sp³-hybridized carbons (Fsp3) is 0.455. The van der Waals surface area contributed by atoms with E-state index < -0.39 is 5.82 Å². The molecular weight excluding hydrogens is 435 g/mol. The van der Waals surface area contributed by atoms with Crippen LogP contribution in [0.25, 0.3) is 22.4 Å². The highest BCUT2D eigenvalue weighted by Crippen LogP contribution is 2.27. The SMILES string of the molecule is CC.CC(C)(C)OC(=O)N1CCCC1.Nc1nc(-c2c[nH]c3ncc(Cl)cc23)ncc1F. The molecule has 3 N–H and O–H groups in total. The molecule has 0 bridgehead atoms. The van der Waals surface area contributed by atoms with Crippen LogP contribution in [0.15, 0.2) is 24.7 Å². The van der Waals surface area contributed by atoms with Crippen LogP contribution in [0.4, 0.5) is 15.0 Å². The van der Waals surface area contributed by atoms with Crippen molar-refractivity contribution in [2.45, 2.75) is 53.1 Å². The number of amides is 1. The zero-order chi connectivity index (χ0) is 23.9. The molecule has 0 aliphatic carbocycles. The van der Waals surface area contributed by atoms with Gasteiger partial charge in [-0.25, -0.2) is 24.1 Å². The van der Waals surface area contributed by atoms with Crippen LogP contribution in [0, 0.1) is 5.82 Å². The molecule has 0 unspecified atom stereocenters. The summed E-state index contributed by atoms with van der Waals surface area (Å²) in [7, 11) is 0. The standard InChI is InChI=1S/C11H7ClFN5.C9H17NO2.C2H6/c12-5-1-6-7(3-16-10(6)15-2-5)11-17-4-8(13)9(14)18-11;1-9(2,3)12-8(11)10-6-4-5-7-10;1-2/h1-4H,(H,15,16)(H2,14,17,18);4-7H2,1-3H3;1-2H3. The molecule has 4 heterocycles. The van der Waals surface area contributed by atoms with Gasteiger partial charge in [-0.15, -0.1) is 0 Å². The van der Waals surface area contributed by atoms with Crippen LogP contribution in [0.2, 0.25) is 5.02 Å². The molecule has 0 saturated carbocycles. The Labute approximate surface area is 192 Å². The average molecular weight is 465 g/mol. The highest BCUT2D eigenvalue weighted by molar-refractivity contribution is 6.31. The number of halogens is 2. The number of nitrogens with one attached hydrogen (secondary N) is 1. The highest BCUT2D eigenvalue weighted by Gasteiger charge is 2.23. The van der Waals surface area contributed by atoms with Crippen LogP contribution in [-0.4, -0.2) is 49.6 Å². The predicted molar refractivity (Wildman–Crippen MR) is 125 cm³/mol. The third-order valence-corrected chi connectivity index (χ3v) is 4.47. The molecule has 0 atom stereocenters. The van der Waals surface area contributed by atoms with Gasteiger partial charge in [-0.1, -0.05) is 25.4 Å². The normalized spacial score (nSPS) is 13.2. The molecule has 4 rings (SSSR count). The van der Waals surface area contributed by atoms with Gasteiger partial charge in [-0.3, -0.25) is 0 Å². The molecule has 8 nitrogen and oxygen atoms in total. The maximum atomic E-state index is 13.0. The Kier molecular flexibility index (Phi) is 8.77. The largest absolute Gasteiger partial charge is 0.444 e. The average Bonchev–Trinajstić information content (AvgIpc) is 3.41. The van der Waals surface area contributed by atoms with Crippen molar-refractivity contribution in [3.8, 4) is 11.4 Å². The van der Waals surface area contributed by atoms with E-state index in [0.717, 1.165) is 37.5 Å². The van der Waals surface area contributed by atoms with E-state index in [9.17, 15) is 9.18 Å². The van der Waals surface area contributed by atoms with Crippen molar-refractivity contribution in [3.05, 3.63) is 35.5 Å². The number of anilines is 1. The molecule has 0 radical (unpaired) electrons. The number of carbonyl (C=O) groups excluding carboxylic acids is 1. The lowest BCUT2D eigenvalue weighted by Crippen LogP contribution is -2.34. The van der Waals surface area contributed by atoms with Gasteiger partial charge in [0.05, 0.1) is 11.2 Å². The predicted octanol–water partition coefficient (Wildman–Crippen LogP) is 5.44. The topological polar surface area (TPSA) is 110 Å². The number of pyridine rings is 1. The van der Waals surface area contributed by atoms with Gasteiger partial charge in [0.1, 0.15) is 11.2 Å². The monoisotopic (exact) mass is 464 g/mol. The first kappa shape index (κ1) is 25.3. The number of nitrogens with two attached hydrogens (primary N) is 1. The minimum Gasteiger partial charge on any atom is -0.444 e. The molecule has 0 spiro atoms. The summed E-state index contributed by atoms with van der Waals surface area (Å²) in [5.41, 5.74) is 6.39. The summed E-state index contributed by atoms with van der Waals surface area (Å²) >= 11 is 5.89. The van der Waals surface area contributed by atoms with Gasteiger partial charge in [-0.05, 0) is 39.7 Å². The Balaban J connectivity index is 0.000000227. The Hall–Kier alpha value is -2.94. The zero-order valence-corrected chi connectivity index (χ0v) is 19.8. The zero-order valence-electron chi connectivity index (χ0n) is 19.1. The molecule has 174 valence electrons. The molecule has 1 amide bonds. The lowest BCUT2D eigenvalue weighted by Gasteiger charge is -2.23. The maximum absolute atomic E-state index is 13.0. The molecule has 1 fully saturated rings. The first-order valence-electron chi connectivity index (χ1n) is 10.5. The van der Waals surface area contributed by atoms with E-state index in [1.54, 1.807) is 17.2 Å². The number of ether oxygens (including phenoxy) is 1. The molecule has 32 heavy (non-hydrogen) atoms. The van der Waals surface area contributed by atoms with E-state index in [4.69, 9.17) is 22.1 Å². The maximum Gasteiger partial charge on any atom is 0.410 e. The van der Waals surface area contributed by atoms with E-state index in [1.807, 2.05) is 34.6 Å². The van der Waals surface area contributed by atoms with E-state index in [-0.39, 0.29) is 17.5 Å². The van der Waals surface area contributed by atoms with E-state index in [1.165, 1.54) is 6.20 Å². The Morgan fingerprint density at radius 2 is 1.88 bits per heavy atom. The van der Waals surface area contributed by atoms with Gasteiger partial charge in [0.25, 0.3) is 0 Å². The van der Waals surface area contributed by atoms with Crippen LogP contribution < -0.4 is 5.73 Å². The van der Waals surface area contributed by atoms with Crippen LogP contribution >= 0.6 is 11.6 Å². The lowest BCUT2D eigenvalue weighted by atomic mass is 10.2. The second-order valence-corrected chi connectivity index (χ2v) is 8.29. The number of aromatic amines is 1. The summed E-state index contributed by atoms with van der Waals surface area (Å²) in [4.78, 5) is 28.0. The fourth-order valence-corrected chi connectivity index (χ4v) is 3.06. The number of nitrogen functional groups attached to an aromatic ring is 1. The van der Waals surface area contributed by atoms with Crippen molar-refractivity contribution in [2.24, 2.45) is 0 Å². The van der Waals surface area contributed by atoms with Crippen LogP contribution in [0.1, 0.15) is 47.5 Å². The summed E-state index contributed by atoms with van der Waals surface area (Å²) in [6, 6.07) is 1.73. The number of hydrogen-bond donors (Lipinski definition) is 2. The minimum atomic E-state index is -0.644. The minimum absolute atomic E-state index is 0.167. The number of H-pyrrole nitrogens is 1. The molecule has 10 heteroatoms. The number of nitrogens with zero attached hydrogens (tertiary/aromatic N) is 4. The van der Waals surface area contributed by atoms with Gasteiger partial charge in [-0.2, -0.15) is 0 Å². The van der Waals surface area contributed by atoms with E-state index >= 15 is 0 Å². The molecule has 1 aliphatic heterocycles. The number of rotatable bonds is 1. The molecular formula is C22H30ClFN6O2. The van der Waals surface area contributed by atoms with Gasteiger partial charge >= 0.3 is 6.09 Å². The summed E-state index contributed by atoms with van der Waals surface area (Å²) in [5.74, 6) is -0.511. The summed E-state index contributed by atoms with van der Waals surface area (Å²) in [6.07, 6.45) is 6.30. The molecule has 3 aromatic rings. The van der Waals surface area contributed by atoms with Gasteiger partial charge in [0, 0.05) is 36.4 Å². The third kappa shape index (κ3) is 6.78. The fourth-order valence-electron chi connectivity index (χ4n) is 2.90.